The molecule has 1 unspecified atom stereocenters. The second-order valence-electron chi connectivity index (χ2n) is 4.80. The fraction of sp³-hybridized carbons (Fsp3) is 0.700. The maximum Gasteiger partial charge on any atom is 0.0815 e. The minimum absolute atomic E-state index is 0.0650. The number of hydrogen-bond acceptors (Lipinski definition) is 3. The van der Waals surface area contributed by atoms with E-state index in [1.165, 1.54) is 0 Å². The van der Waals surface area contributed by atoms with Gasteiger partial charge in [0.15, 0.2) is 0 Å². The van der Waals surface area contributed by atoms with Gasteiger partial charge in [-0.3, -0.25) is 16.0 Å². The zero-order valence-corrected chi connectivity index (χ0v) is 9.63. The molecule has 0 saturated carbocycles. The van der Waals surface area contributed by atoms with Gasteiger partial charge in [-0.25, -0.2) is 0 Å². The van der Waals surface area contributed by atoms with Gasteiger partial charge in [-0.1, -0.05) is 20.8 Å². The molecule has 0 fully saturated rings. The predicted molar refractivity (Wildman–Crippen MR) is 57.5 cm³/mol. The van der Waals surface area contributed by atoms with E-state index in [0.717, 1.165) is 11.4 Å². The van der Waals surface area contributed by atoms with Crippen molar-refractivity contribution in [2.45, 2.75) is 33.7 Å². The van der Waals surface area contributed by atoms with E-state index in [4.69, 9.17) is 5.84 Å². The first-order valence-electron chi connectivity index (χ1n) is 4.83. The van der Waals surface area contributed by atoms with Crippen LogP contribution in [0.5, 0.6) is 0 Å². The van der Waals surface area contributed by atoms with Crippen LogP contribution in [-0.4, -0.2) is 9.78 Å². The highest BCUT2D eigenvalue weighted by atomic mass is 15.3. The van der Waals surface area contributed by atoms with E-state index in [9.17, 15) is 0 Å². The average molecular weight is 196 g/mol. The van der Waals surface area contributed by atoms with Crippen molar-refractivity contribution in [3.05, 3.63) is 17.5 Å². The Hall–Kier alpha value is -0.870. The third kappa shape index (κ3) is 2.13. The van der Waals surface area contributed by atoms with Gasteiger partial charge < -0.3 is 0 Å². The lowest BCUT2D eigenvalue weighted by Crippen LogP contribution is -2.37. The standard InChI is InChI=1S/C10H20N4/c1-7-6-8(13-14(7)5)9(12-11)10(2,3)4/h6,9,12H,11H2,1-5H3. The van der Waals surface area contributed by atoms with Gasteiger partial charge in [0.25, 0.3) is 0 Å². The van der Waals surface area contributed by atoms with Crippen LogP contribution in [0.1, 0.15) is 38.2 Å². The van der Waals surface area contributed by atoms with Crippen molar-refractivity contribution in [2.24, 2.45) is 18.3 Å². The van der Waals surface area contributed by atoms with Crippen LogP contribution in [0.2, 0.25) is 0 Å². The van der Waals surface area contributed by atoms with Crippen molar-refractivity contribution in [3.8, 4) is 0 Å². The molecule has 1 rings (SSSR count). The molecule has 0 aliphatic carbocycles. The largest absolute Gasteiger partial charge is 0.273 e. The first-order chi connectivity index (χ1) is 6.36. The number of hydrogen-bond donors (Lipinski definition) is 2. The summed E-state index contributed by atoms with van der Waals surface area (Å²) in [7, 11) is 1.94. The van der Waals surface area contributed by atoms with Crippen molar-refractivity contribution < 1.29 is 0 Å². The van der Waals surface area contributed by atoms with E-state index in [0.29, 0.717) is 0 Å². The molecule has 4 nitrogen and oxygen atoms in total. The Balaban J connectivity index is 3.01. The maximum atomic E-state index is 5.55. The molecule has 0 amide bonds. The number of nitrogens with one attached hydrogen (secondary N) is 1. The zero-order chi connectivity index (χ0) is 10.9. The summed E-state index contributed by atoms with van der Waals surface area (Å²) >= 11 is 0. The summed E-state index contributed by atoms with van der Waals surface area (Å²) < 4.78 is 1.87. The molecule has 0 saturated heterocycles. The summed E-state index contributed by atoms with van der Waals surface area (Å²) in [6.07, 6.45) is 0. The highest BCUT2D eigenvalue weighted by Crippen LogP contribution is 2.31. The quantitative estimate of drug-likeness (QED) is 0.553. The van der Waals surface area contributed by atoms with Crippen molar-refractivity contribution in [2.75, 3.05) is 0 Å². The van der Waals surface area contributed by atoms with Crippen LogP contribution < -0.4 is 11.3 Å². The maximum absolute atomic E-state index is 5.55. The third-order valence-electron chi connectivity index (χ3n) is 2.46. The van der Waals surface area contributed by atoms with Gasteiger partial charge in [0, 0.05) is 12.7 Å². The Morgan fingerprint density at radius 2 is 2.07 bits per heavy atom. The number of nitrogens with two attached hydrogens (primary N) is 1. The van der Waals surface area contributed by atoms with E-state index in [-0.39, 0.29) is 11.5 Å². The summed E-state index contributed by atoms with van der Waals surface area (Å²) in [5, 5.41) is 4.42. The van der Waals surface area contributed by atoms with Gasteiger partial charge >= 0.3 is 0 Å². The highest BCUT2D eigenvalue weighted by Gasteiger charge is 2.27. The van der Waals surface area contributed by atoms with Gasteiger partial charge in [-0.15, -0.1) is 0 Å². The third-order valence-corrected chi connectivity index (χ3v) is 2.46. The normalized spacial score (nSPS) is 14.4. The minimum atomic E-state index is 0.0650. The van der Waals surface area contributed by atoms with Gasteiger partial charge in [-0.05, 0) is 18.4 Å². The number of aromatic nitrogens is 2. The fourth-order valence-electron chi connectivity index (χ4n) is 1.51. The Morgan fingerprint density at radius 3 is 2.36 bits per heavy atom. The predicted octanol–water partition coefficient (Wildman–Crippen LogP) is 1.28. The fourth-order valence-corrected chi connectivity index (χ4v) is 1.51. The van der Waals surface area contributed by atoms with Crippen LogP contribution in [0.4, 0.5) is 0 Å². The van der Waals surface area contributed by atoms with Crippen LogP contribution in [-0.2, 0) is 7.05 Å². The Kier molecular flexibility index (Phi) is 2.97. The number of rotatable bonds is 2. The zero-order valence-electron chi connectivity index (χ0n) is 9.63. The molecule has 0 bridgehead atoms. The Labute approximate surface area is 85.5 Å². The van der Waals surface area contributed by atoms with Crippen LogP contribution >= 0.6 is 0 Å². The molecule has 0 radical (unpaired) electrons. The highest BCUT2D eigenvalue weighted by molar-refractivity contribution is 5.14. The lowest BCUT2D eigenvalue weighted by molar-refractivity contribution is 0.269. The Bertz CT molecular complexity index is 289. The van der Waals surface area contributed by atoms with E-state index in [2.05, 4.69) is 37.4 Å². The van der Waals surface area contributed by atoms with Crippen molar-refractivity contribution >= 4 is 0 Å². The van der Waals surface area contributed by atoms with E-state index < -0.39 is 0 Å². The second-order valence-corrected chi connectivity index (χ2v) is 4.80. The van der Waals surface area contributed by atoms with Crippen LogP contribution in [0.25, 0.3) is 0 Å². The van der Waals surface area contributed by atoms with Crippen molar-refractivity contribution in [1.82, 2.24) is 15.2 Å². The Morgan fingerprint density at radius 1 is 1.50 bits per heavy atom. The second kappa shape index (κ2) is 3.71. The van der Waals surface area contributed by atoms with Crippen molar-refractivity contribution in [1.29, 1.82) is 0 Å². The van der Waals surface area contributed by atoms with E-state index in [1.807, 2.05) is 18.7 Å². The number of nitrogens with zero attached hydrogens (tertiary/aromatic N) is 2. The minimum Gasteiger partial charge on any atom is -0.273 e. The lowest BCUT2D eigenvalue weighted by Gasteiger charge is -2.28. The molecule has 1 aromatic rings. The van der Waals surface area contributed by atoms with Crippen LogP contribution in [0.15, 0.2) is 6.07 Å². The van der Waals surface area contributed by atoms with E-state index in [1.54, 1.807) is 0 Å². The lowest BCUT2D eigenvalue weighted by atomic mass is 9.85. The molecule has 14 heavy (non-hydrogen) atoms. The molecular formula is C10H20N4. The van der Waals surface area contributed by atoms with Crippen molar-refractivity contribution in [3.63, 3.8) is 0 Å². The van der Waals surface area contributed by atoms with Gasteiger partial charge in [0.1, 0.15) is 0 Å². The molecule has 4 heteroatoms. The smallest absolute Gasteiger partial charge is 0.0815 e. The summed E-state index contributed by atoms with van der Waals surface area (Å²) in [5.41, 5.74) is 5.03. The monoisotopic (exact) mass is 196 g/mol. The first kappa shape index (κ1) is 11.2. The van der Waals surface area contributed by atoms with Gasteiger partial charge in [0.05, 0.1) is 11.7 Å². The summed E-state index contributed by atoms with van der Waals surface area (Å²) in [5.74, 6) is 5.55. The number of hydrazine groups is 1. The summed E-state index contributed by atoms with van der Waals surface area (Å²) in [6.45, 7) is 8.46. The molecule has 1 aromatic heterocycles. The molecule has 0 aliphatic rings. The van der Waals surface area contributed by atoms with Crippen LogP contribution in [0.3, 0.4) is 0 Å². The molecule has 1 atom stereocenters. The molecule has 80 valence electrons. The summed E-state index contributed by atoms with van der Waals surface area (Å²) in [6, 6.07) is 2.15. The van der Waals surface area contributed by atoms with E-state index >= 15 is 0 Å². The SMILES string of the molecule is Cc1cc(C(NN)C(C)(C)C)nn1C. The van der Waals surface area contributed by atoms with Gasteiger partial charge in [-0.2, -0.15) is 5.10 Å². The average Bonchev–Trinajstić information content (AvgIpc) is 2.30. The first-order valence-corrected chi connectivity index (χ1v) is 4.83. The molecule has 0 aromatic carbocycles. The molecular weight excluding hydrogens is 176 g/mol. The molecule has 0 aliphatic heterocycles. The molecule has 1 heterocycles. The molecule has 3 N–H and O–H groups in total. The molecule has 0 spiro atoms. The van der Waals surface area contributed by atoms with Gasteiger partial charge in [0.2, 0.25) is 0 Å². The van der Waals surface area contributed by atoms with Crippen LogP contribution in [0, 0.1) is 12.3 Å². The summed E-state index contributed by atoms with van der Waals surface area (Å²) in [4.78, 5) is 0. The topological polar surface area (TPSA) is 55.9 Å². The number of aryl methyl sites for hydroxylation is 2.